The molecular weight excluding hydrogens is 234 g/mol. The van der Waals surface area contributed by atoms with E-state index < -0.39 is 11.5 Å². The van der Waals surface area contributed by atoms with E-state index >= 15 is 0 Å². The topological polar surface area (TPSA) is 44.0 Å². The molecule has 1 aliphatic rings. The summed E-state index contributed by atoms with van der Waals surface area (Å²) in [6, 6.07) is 10.5. The van der Waals surface area contributed by atoms with E-state index in [1.54, 1.807) is 0 Å². The summed E-state index contributed by atoms with van der Waals surface area (Å²) in [4.78, 5) is 0. The van der Waals surface area contributed by atoms with Gasteiger partial charge in [0.25, 0.3) is 0 Å². The van der Waals surface area contributed by atoms with Crippen LogP contribution in [0.15, 0.2) is 24.3 Å². The lowest BCUT2D eigenvalue weighted by atomic mass is 9.77. The number of hydrogen-bond donors (Lipinski definition) is 1. The van der Waals surface area contributed by atoms with Crippen LogP contribution in [0, 0.1) is 22.7 Å². The van der Waals surface area contributed by atoms with Crippen molar-refractivity contribution in [1.29, 1.82) is 5.26 Å². The Hall–Kier alpha value is -1.33. The summed E-state index contributed by atoms with van der Waals surface area (Å²) in [7, 11) is 0. The highest BCUT2D eigenvalue weighted by Crippen LogP contribution is 2.50. The van der Waals surface area contributed by atoms with Crippen molar-refractivity contribution in [3.8, 4) is 6.07 Å². The van der Waals surface area contributed by atoms with E-state index in [2.05, 4.69) is 32.0 Å². The minimum atomic E-state index is -0.653. The maximum Gasteiger partial charge on any atom is 0.0976 e. The highest BCUT2D eigenvalue weighted by molar-refractivity contribution is 5.28. The molecule has 0 aliphatic heterocycles. The first-order chi connectivity index (χ1) is 9.15. The fourth-order valence-electron chi connectivity index (χ4n) is 3.20. The quantitative estimate of drug-likeness (QED) is 0.886. The number of aliphatic hydroxyl groups is 1. The molecule has 0 saturated heterocycles. The molecule has 2 heteroatoms. The number of aryl methyl sites for hydroxylation is 1. The van der Waals surface area contributed by atoms with Gasteiger partial charge < -0.3 is 5.11 Å². The predicted octanol–water partition coefficient (Wildman–Crippen LogP) is 4.00. The van der Waals surface area contributed by atoms with Crippen LogP contribution in [0.25, 0.3) is 0 Å². The lowest BCUT2D eigenvalue weighted by Gasteiger charge is -2.28. The molecule has 3 unspecified atom stereocenters. The van der Waals surface area contributed by atoms with Gasteiger partial charge in [0.05, 0.1) is 17.6 Å². The fourth-order valence-corrected chi connectivity index (χ4v) is 3.20. The smallest absolute Gasteiger partial charge is 0.0976 e. The summed E-state index contributed by atoms with van der Waals surface area (Å²) in [5.74, 6) is 0.587. The Morgan fingerprint density at radius 1 is 1.37 bits per heavy atom. The van der Waals surface area contributed by atoms with Crippen molar-refractivity contribution in [3.05, 3.63) is 35.4 Å². The molecule has 1 saturated carbocycles. The molecule has 1 fully saturated rings. The van der Waals surface area contributed by atoms with E-state index in [0.717, 1.165) is 37.7 Å². The molecule has 1 aromatic carbocycles. The maximum atomic E-state index is 10.6. The van der Waals surface area contributed by atoms with Crippen LogP contribution in [-0.4, -0.2) is 5.11 Å². The molecule has 102 valence electrons. The fraction of sp³-hybridized carbons (Fsp3) is 0.588. The van der Waals surface area contributed by atoms with Crippen molar-refractivity contribution >= 4 is 0 Å². The summed E-state index contributed by atoms with van der Waals surface area (Å²) in [5.41, 5.74) is 1.57. The van der Waals surface area contributed by atoms with E-state index in [1.165, 1.54) is 5.56 Å². The van der Waals surface area contributed by atoms with E-state index in [1.807, 2.05) is 12.1 Å². The number of hydrogen-bond acceptors (Lipinski definition) is 2. The van der Waals surface area contributed by atoms with Gasteiger partial charge in [-0.25, -0.2) is 0 Å². The van der Waals surface area contributed by atoms with Gasteiger partial charge in [0, 0.05) is 0 Å². The van der Waals surface area contributed by atoms with Crippen LogP contribution in [0.3, 0.4) is 0 Å². The highest BCUT2D eigenvalue weighted by atomic mass is 16.3. The SMILES string of the molecule is CCc1ccc(C(O)C2(C#N)CCC(CC)C2)cc1. The van der Waals surface area contributed by atoms with Gasteiger partial charge in [-0.2, -0.15) is 5.26 Å². The molecule has 0 amide bonds. The summed E-state index contributed by atoms with van der Waals surface area (Å²) < 4.78 is 0. The van der Waals surface area contributed by atoms with Crippen molar-refractivity contribution in [2.75, 3.05) is 0 Å². The zero-order valence-corrected chi connectivity index (χ0v) is 11.9. The molecular formula is C17H23NO. The molecule has 1 aliphatic carbocycles. The first-order valence-corrected chi connectivity index (χ1v) is 7.33. The number of aliphatic hydroxyl groups excluding tert-OH is 1. The van der Waals surface area contributed by atoms with Crippen molar-refractivity contribution < 1.29 is 5.11 Å². The average molecular weight is 257 g/mol. The minimum absolute atomic E-state index is 0.575. The van der Waals surface area contributed by atoms with E-state index in [4.69, 9.17) is 0 Å². The number of nitrogens with zero attached hydrogens (tertiary/aromatic N) is 1. The largest absolute Gasteiger partial charge is 0.387 e. The third-order valence-electron chi connectivity index (χ3n) is 4.68. The number of rotatable bonds is 4. The van der Waals surface area contributed by atoms with Crippen LogP contribution in [0.2, 0.25) is 0 Å². The van der Waals surface area contributed by atoms with Gasteiger partial charge >= 0.3 is 0 Å². The Morgan fingerprint density at radius 2 is 2.05 bits per heavy atom. The molecule has 0 bridgehead atoms. The second kappa shape index (κ2) is 5.75. The molecule has 0 spiro atoms. The Bertz CT molecular complexity index is 459. The molecule has 3 atom stereocenters. The van der Waals surface area contributed by atoms with E-state index in [9.17, 15) is 10.4 Å². The Balaban J connectivity index is 2.21. The second-order valence-electron chi connectivity index (χ2n) is 5.78. The monoisotopic (exact) mass is 257 g/mol. The zero-order chi connectivity index (χ0) is 13.9. The van der Waals surface area contributed by atoms with Crippen molar-refractivity contribution in [2.45, 2.75) is 52.1 Å². The van der Waals surface area contributed by atoms with Crippen LogP contribution in [0.4, 0.5) is 0 Å². The predicted molar refractivity (Wildman–Crippen MR) is 76.5 cm³/mol. The first-order valence-electron chi connectivity index (χ1n) is 7.33. The molecule has 1 N–H and O–H groups in total. The Labute approximate surface area is 116 Å². The summed E-state index contributed by atoms with van der Waals surface area (Å²) in [6.07, 6.45) is 4.16. The van der Waals surface area contributed by atoms with Gasteiger partial charge in [-0.05, 0) is 42.7 Å². The Kier molecular flexibility index (Phi) is 4.27. The lowest BCUT2D eigenvalue weighted by Crippen LogP contribution is -2.24. The highest BCUT2D eigenvalue weighted by Gasteiger charge is 2.45. The molecule has 2 rings (SSSR count). The first kappa shape index (κ1) is 14.1. The molecule has 0 heterocycles. The zero-order valence-electron chi connectivity index (χ0n) is 11.9. The van der Waals surface area contributed by atoms with Crippen molar-refractivity contribution in [1.82, 2.24) is 0 Å². The standard InChI is InChI=1S/C17H23NO/c1-3-13-5-7-15(8-6-13)16(19)17(12-18)10-9-14(4-2)11-17/h5-8,14,16,19H,3-4,9-11H2,1-2H3. The summed E-state index contributed by atoms with van der Waals surface area (Å²) in [5, 5.41) is 20.2. The normalized spacial score (nSPS) is 28.0. The molecule has 19 heavy (non-hydrogen) atoms. The van der Waals surface area contributed by atoms with Crippen LogP contribution < -0.4 is 0 Å². The molecule has 0 radical (unpaired) electrons. The Morgan fingerprint density at radius 3 is 2.53 bits per heavy atom. The lowest BCUT2D eigenvalue weighted by molar-refractivity contribution is 0.0641. The van der Waals surface area contributed by atoms with Crippen LogP contribution >= 0.6 is 0 Å². The second-order valence-corrected chi connectivity index (χ2v) is 5.78. The summed E-state index contributed by atoms with van der Waals surface area (Å²) >= 11 is 0. The van der Waals surface area contributed by atoms with Gasteiger partial charge in [-0.3, -0.25) is 0 Å². The molecule has 2 nitrogen and oxygen atoms in total. The molecule has 1 aromatic rings. The van der Waals surface area contributed by atoms with Gasteiger partial charge in [0.2, 0.25) is 0 Å². The summed E-state index contributed by atoms with van der Waals surface area (Å²) in [6.45, 7) is 4.28. The third kappa shape index (κ3) is 2.67. The van der Waals surface area contributed by atoms with Gasteiger partial charge in [0.15, 0.2) is 0 Å². The van der Waals surface area contributed by atoms with Crippen molar-refractivity contribution in [2.24, 2.45) is 11.3 Å². The maximum absolute atomic E-state index is 10.6. The third-order valence-corrected chi connectivity index (χ3v) is 4.68. The minimum Gasteiger partial charge on any atom is -0.387 e. The van der Waals surface area contributed by atoms with E-state index in [-0.39, 0.29) is 0 Å². The van der Waals surface area contributed by atoms with Crippen LogP contribution in [0.1, 0.15) is 56.8 Å². The van der Waals surface area contributed by atoms with Gasteiger partial charge in [-0.1, -0.05) is 44.5 Å². The average Bonchev–Trinajstić information content (AvgIpc) is 2.91. The van der Waals surface area contributed by atoms with Crippen LogP contribution in [-0.2, 0) is 6.42 Å². The molecule has 0 aromatic heterocycles. The van der Waals surface area contributed by atoms with Crippen LogP contribution in [0.5, 0.6) is 0 Å². The number of benzene rings is 1. The van der Waals surface area contributed by atoms with Crippen molar-refractivity contribution in [3.63, 3.8) is 0 Å². The van der Waals surface area contributed by atoms with Gasteiger partial charge in [0.1, 0.15) is 0 Å². The van der Waals surface area contributed by atoms with Gasteiger partial charge in [-0.15, -0.1) is 0 Å². The number of nitriles is 1. The van der Waals surface area contributed by atoms with E-state index in [0.29, 0.717) is 5.92 Å².